The van der Waals surface area contributed by atoms with Crippen LogP contribution >= 0.6 is 23.6 Å². The number of nitrogens with zero attached hydrogens (tertiary/aromatic N) is 1. The average molecular weight is 284 g/mol. The van der Waals surface area contributed by atoms with E-state index in [9.17, 15) is 4.79 Å². The first-order valence-corrected chi connectivity index (χ1v) is 7.13. The van der Waals surface area contributed by atoms with Crippen LogP contribution in [0.3, 0.4) is 0 Å². The lowest BCUT2D eigenvalue weighted by atomic mass is 10.1. The Morgan fingerprint density at radius 1 is 1.16 bits per heavy atom. The van der Waals surface area contributed by atoms with Crippen molar-refractivity contribution in [2.75, 3.05) is 0 Å². The lowest BCUT2D eigenvalue weighted by Gasteiger charge is -2.05. The second-order valence-corrected chi connectivity index (χ2v) is 5.53. The van der Waals surface area contributed by atoms with Crippen molar-refractivity contribution in [1.82, 2.24) is 9.38 Å². The van der Waals surface area contributed by atoms with Crippen molar-refractivity contribution in [3.05, 3.63) is 56.1 Å². The molecule has 5 heteroatoms. The van der Waals surface area contributed by atoms with E-state index in [1.54, 1.807) is 15.7 Å². The van der Waals surface area contributed by atoms with Crippen molar-refractivity contribution >= 4 is 50.9 Å². The van der Waals surface area contributed by atoms with Crippen LogP contribution < -0.4 is 5.56 Å². The smallest absolute Gasteiger partial charge is 0.264 e. The van der Waals surface area contributed by atoms with E-state index in [0.717, 1.165) is 27.3 Å². The predicted molar refractivity (Wildman–Crippen MR) is 81.7 cm³/mol. The maximum Gasteiger partial charge on any atom is 0.264 e. The van der Waals surface area contributed by atoms with Crippen molar-refractivity contribution in [3.8, 4) is 0 Å². The van der Waals surface area contributed by atoms with Crippen molar-refractivity contribution in [3.63, 3.8) is 0 Å². The van der Waals surface area contributed by atoms with Gasteiger partial charge in [0, 0.05) is 21.5 Å². The van der Waals surface area contributed by atoms with Crippen molar-refractivity contribution in [2.45, 2.75) is 0 Å². The molecule has 4 rings (SSSR count). The number of nitrogens with one attached hydrogen (secondary N) is 1. The quantitative estimate of drug-likeness (QED) is 0.394. The normalized spacial score (nSPS) is 11.6. The Labute approximate surface area is 116 Å². The summed E-state index contributed by atoms with van der Waals surface area (Å²) in [5, 5.41) is 6.49. The molecule has 3 aromatic heterocycles. The van der Waals surface area contributed by atoms with Crippen LogP contribution in [0.15, 0.2) is 45.9 Å². The zero-order valence-electron chi connectivity index (χ0n) is 9.71. The topological polar surface area (TPSA) is 37.3 Å². The number of thiophene rings is 1. The molecule has 0 bridgehead atoms. The Kier molecular flexibility index (Phi) is 2.15. The first kappa shape index (κ1) is 10.9. The van der Waals surface area contributed by atoms with Crippen LogP contribution in [-0.4, -0.2) is 9.38 Å². The molecule has 0 fully saturated rings. The summed E-state index contributed by atoms with van der Waals surface area (Å²) >= 11 is 6.89. The van der Waals surface area contributed by atoms with Crippen molar-refractivity contribution in [2.24, 2.45) is 0 Å². The summed E-state index contributed by atoms with van der Waals surface area (Å²) in [4.78, 5) is 15.8. The van der Waals surface area contributed by atoms with Crippen LogP contribution in [0.5, 0.6) is 0 Å². The number of aromatic nitrogens is 2. The number of H-pyrrole nitrogens is 1. The number of pyridine rings is 1. The van der Waals surface area contributed by atoms with E-state index in [1.807, 2.05) is 41.1 Å². The molecule has 92 valence electrons. The minimum absolute atomic E-state index is 0.0113. The summed E-state index contributed by atoms with van der Waals surface area (Å²) in [6, 6.07) is 9.56. The van der Waals surface area contributed by atoms with E-state index in [2.05, 4.69) is 4.98 Å². The van der Waals surface area contributed by atoms with Crippen LogP contribution in [0.1, 0.15) is 0 Å². The average Bonchev–Trinajstić information content (AvgIpc) is 2.88. The fourth-order valence-electron chi connectivity index (χ4n) is 2.41. The number of hydrogen-bond acceptors (Lipinski definition) is 3. The van der Waals surface area contributed by atoms with Gasteiger partial charge in [0.25, 0.3) is 5.56 Å². The molecule has 0 saturated carbocycles. The van der Waals surface area contributed by atoms with Gasteiger partial charge in [0.05, 0.1) is 5.52 Å². The molecule has 3 heterocycles. The molecule has 1 N–H and O–H groups in total. The molecule has 0 aliphatic rings. The molecule has 0 unspecified atom stereocenters. The van der Waals surface area contributed by atoms with Crippen LogP contribution in [0.4, 0.5) is 0 Å². The number of aromatic amines is 1. The second-order valence-electron chi connectivity index (χ2n) is 4.38. The third-order valence-electron chi connectivity index (χ3n) is 3.30. The first-order chi connectivity index (χ1) is 9.25. The highest BCUT2D eigenvalue weighted by Gasteiger charge is 2.08. The molecule has 0 amide bonds. The fourth-order valence-corrected chi connectivity index (χ4v) is 3.55. The molecule has 0 aliphatic heterocycles. The molecule has 3 nitrogen and oxygen atoms in total. The van der Waals surface area contributed by atoms with E-state index < -0.39 is 0 Å². The van der Waals surface area contributed by atoms with Gasteiger partial charge in [0.1, 0.15) is 10.3 Å². The number of benzene rings is 1. The van der Waals surface area contributed by atoms with Crippen LogP contribution in [0.25, 0.3) is 27.3 Å². The lowest BCUT2D eigenvalue weighted by Crippen LogP contribution is -2.15. The van der Waals surface area contributed by atoms with Crippen molar-refractivity contribution in [1.29, 1.82) is 0 Å². The fraction of sp³-hybridized carbons (Fsp3) is 0. The first-order valence-electron chi connectivity index (χ1n) is 5.78. The third kappa shape index (κ3) is 1.42. The third-order valence-corrected chi connectivity index (χ3v) is 4.35. The Balaban J connectivity index is 2.44. The van der Waals surface area contributed by atoms with E-state index in [-0.39, 0.29) is 5.56 Å². The summed E-state index contributed by atoms with van der Waals surface area (Å²) in [5.41, 5.74) is 1.60. The molecule has 0 aliphatic carbocycles. The standard InChI is InChI=1S/C14H8N2OS2/c17-14-9-4-2-1-3-8(9)5-12-15-13(18)10-6-19-7-11(10)16(12)14/h1-7H,(H,15,18). The largest absolute Gasteiger partial charge is 0.332 e. The summed E-state index contributed by atoms with van der Waals surface area (Å²) in [7, 11) is 0. The van der Waals surface area contributed by atoms with Gasteiger partial charge in [-0.05, 0) is 17.5 Å². The number of hydrogen-bond donors (Lipinski definition) is 1. The van der Waals surface area contributed by atoms with Gasteiger partial charge >= 0.3 is 0 Å². The number of rotatable bonds is 0. The summed E-state index contributed by atoms with van der Waals surface area (Å²) in [6.45, 7) is 0. The Morgan fingerprint density at radius 2 is 2.00 bits per heavy atom. The van der Waals surface area contributed by atoms with Gasteiger partial charge in [-0.1, -0.05) is 30.4 Å². The molecule has 19 heavy (non-hydrogen) atoms. The van der Waals surface area contributed by atoms with Crippen LogP contribution in [0.2, 0.25) is 0 Å². The van der Waals surface area contributed by atoms with Gasteiger partial charge in [-0.15, -0.1) is 11.3 Å². The highest BCUT2D eigenvalue weighted by atomic mass is 32.1. The Morgan fingerprint density at radius 3 is 2.89 bits per heavy atom. The van der Waals surface area contributed by atoms with Gasteiger partial charge in [0.2, 0.25) is 0 Å². The number of fused-ring (bicyclic) bond motifs is 4. The minimum Gasteiger partial charge on any atom is -0.332 e. The summed E-state index contributed by atoms with van der Waals surface area (Å²) in [5.74, 6) is 0. The molecular formula is C14H8N2OS2. The molecule has 4 aromatic rings. The lowest BCUT2D eigenvalue weighted by molar-refractivity contribution is 1.12. The summed E-state index contributed by atoms with van der Waals surface area (Å²) < 4.78 is 2.37. The molecular weight excluding hydrogens is 276 g/mol. The minimum atomic E-state index is -0.0113. The van der Waals surface area contributed by atoms with Gasteiger partial charge in [-0.2, -0.15) is 0 Å². The highest BCUT2D eigenvalue weighted by Crippen LogP contribution is 2.21. The van der Waals surface area contributed by atoms with E-state index in [4.69, 9.17) is 12.2 Å². The maximum absolute atomic E-state index is 12.6. The van der Waals surface area contributed by atoms with Crippen LogP contribution in [0, 0.1) is 4.64 Å². The van der Waals surface area contributed by atoms with Crippen LogP contribution in [-0.2, 0) is 0 Å². The predicted octanol–water partition coefficient (Wildman–Crippen LogP) is 3.72. The SMILES string of the molecule is O=c1c2ccccc2cc2[nH]c(=S)c3cscc3n12. The van der Waals surface area contributed by atoms with Gasteiger partial charge in [0.15, 0.2) is 0 Å². The van der Waals surface area contributed by atoms with E-state index in [0.29, 0.717) is 4.64 Å². The van der Waals surface area contributed by atoms with Gasteiger partial charge in [-0.25, -0.2) is 0 Å². The molecule has 0 atom stereocenters. The Bertz CT molecular complexity index is 1060. The van der Waals surface area contributed by atoms with E-state index in [1.165, 1.54) is 0 Å². The maximum atomic E-state index is 12.6. The van der Waals surface area contributed by atoms with Gasteiger partial charge < -0.3 is 4.98 Å². The van der Waals surface area contributed by atoms with E-state index >= 15 is 0 Å². The zero-order chi connectivity index (χ0) is 13.0. The molecule has 0 spiro atoms. The summed E-state index contributed by atoms with van der Waals surface area (Å²) in [6.07, 6.45) is 0. The molecule has 1 aromatic carbocycles. The monoisotopic (exact) mass is 284 g/mol. The highest BCUT2D eigenvalue weighted by molar-refractivity contribution is 7.71. The van der Waals surface area contributed by atoms with Crippen molar-refractivity contribution < 1.29 is 0 Å². The molecule has 0 radical (unpaired) electrons. The zero-order valence-corrected chi connectivity index (χ0v) is 11.3. The Hall–Kier alpha value is -1.98. The van der Waals surface area contributed by atoms with Gasteiger partial charge in [-0.3, -0.25) is 9.20 Å². The second kappa shape index (κ2) is 3.76. The molecule has 0 saturated heterocycles.